The molecule has 0 heterocycles. The first kappa shape index (κ1) is 13.3. The van der Waals surface area contributed by atoms with Crippen molar-refractivity contribution in [2.75, 3.05) is 0 Å². The summed E-state index contributed by atoms with van der Waals surface area (Å²) >= 11 is 0. The van der Waals surface area contributed by atoms with Crippen molar-refractivity contribution in [2.45, 2.75) is 6.92 Å². The molecule has 2 nitrogen and oxygen atoms in total. The zero-order valence-electron chi connectivity index (χ0n) is 11.7. The molecule has 3 rings (SSSR count). The van der Waals surface area contributed by atoms with Crippen LogP contribution in [0.2, 0.25) is 0 Å². The van der Waals surface area contributed by atoms with Crippen molar-refractivity contribution in [3.8, 4) is 33.8 Å². The van der Waals surface area contributed by atoms with Crippen LogP contribution in [0.1, 0.15) is 5.56 Å². The van der Waals surface area contributed by atoms with Crippen molar-refractivity contribution >= 4 is 0 Å². The van der Waals surface area contributed by atoms with Crippen LogP contribution in [0.25, 0.3) is 22.3 Å². The molecule has 0 aromatic heterocycles. The lowest BCUT2D eigenvalue weighted by Gasteiger charge is -2.13. The van der Waals surface area contributed by atoms with Crippen LogP contribution in [0.15, 0.2) is 66.7 Å². The fourth-order valence-corrected chi connectivity index (χ4v) is 2.62. The van der Waals surface area contributed by atoms with E-state index in [4.69, 9.17) is 0 Å². The Bertz CT molecular complexity index is 727. The highest BCUT2D eigenvalue weighted by Gasteiger charge is 2.12. The van der Waals surface area contributed by atoms with Crippen LogP contribution >= 0.6 is 0 Å². The summed E-state index contributed by atoms with van der Waals surface area (Å²) in [6.07, 6.45) is 0. The van der Waals surface area contributed by atoms with E-state index in [2.05, 4.69) is 0 Å². The number of aromatic hydroxyl groups is 2. The van der Waals surface area contributed by atoms with Gasteiger partial charge < -0.3 is 10.2 Å². The molecule has 0 amide bonds. The average Bonchev–Trinajstić information content (AvgIpc) is 2.49. The molecule has 0 atom stereocenters. The summed E-state index contributed by atoms with van der Waals surface area (Å²) in [4.78, 5) is 0. The summed E-state index contributed by atoms with van der Waals surface area (Å²) < 4.78 is 0. The Balaban J connectivity index is 2.21. The Labute approximate surface area is 123 Å². The van der Waals surface area contributed by atoms with Crippen LogP contribution in [-0.4, -0.2) is 10.2 Å². The number of phenols is 2. The van der Waals surface area contributed by atoms with Crippen LogP contribution < -0.4 is 0 Å². The molecule has 0 radical (unpaired) electrons. The molecule has 2 N–H and O–H groups in total. The first-order valence-corrected chi connectivity index (χ1v) is 6.85. The van der Waals surface area contributed by atoms with E-state index in [0.29, 0.717) is 0 Å². The fraction of sp³-hybridized carbons (Fsp3) is 0.0526. The van der Waals surface area contributed by atoms with Gasteiger partial charge in [0.25, 0.3) is 0 Å². The fourth-order valence-electron chi connectivity index (χ4n) is 2.62. The molecule has 3 aromatic rings. The SMILES string of the molecule is Cc1c(-c2ccccc2O)cccc1-c1ccccc1O. The van der Waals surface area contributed by atoms with E-state index in [1.807, 2.05) is 49.4 Å². The van der Waals surface area contributed by atoms with Gasteiger partial charge in [-0.15, -0.1) is 0 Å². The number of hydrogen-bond acceptors (Lipinski definition) is 2. The quantitative estimate of drug-likeness (QED) is 0.709. The third kappa shape index (κ3) is 2.36. The van der Waals surface area contributed by atoms with Crippen LogP contribution in [0.3, 0.4) is 0 Å². The summed E-state index contributed by atoms with van der Waals surface area (Å²) in [5, 5.41) is 20.1. The molecule has 0 fully saturated rings. The zero-order chi connectivity index (χ0) is 14.8. The van der Waals surface area contributed by atoms with E-state index in [0.717, 1.165) is 27.8 Å². The standard InChI is InChI=1S/C19H16O2/c1-13-14(16-7-2-4-11-18(16)20)9-6-10-15(13)17-8-3-5-12-19(17)21/h2-12,20-21H,1H3. The van der Waals surface area contributed by atoms with Crippen LogP contribution in [0.4, 0.5) is 0 Å². The van der Waals surface area contributed by atoms with E-state index >= 15 is 0 Å². The maximum Gasteiger partial charge on any atom is 0.123 e. The van der Waals surface area contributed by atoms with Crippen molar-refractivity contribution < 1.29 is 10.2 Å². The molecule has 2 heteroatoms. The number of para-hydroxylation sites is 2. The number of rotatable bonds is 2. The van der Waals surface area contributed by atoms with Gasteiger partial charge in [0.2, 0.25) is 0 Å². The van der Waals surface area contributed by atoms with E-state index in [1.165, 1.54) is 0 Å². The van der Waals surface area contributed by atoms with Gasteiger partial charge in [-0.05, 0) is 35.7 Å². The molecule has 0 saturated carbocycles. The van der Waals surface area contributed by atoms with E-state index < -0.39 is 0 Å². The van der Waals surface area contributed by atoms with Gasteiger partial charge >= 0.3 is 0 Å². The summed E-state index contributed by atoms with van der Waals surface area (Å²) in [5.74, 6) is 0.519. The topological polar surface area (TPSA) is 40.5 Å². The molecule has 3 aromatic carbocycles. The number of benzene rings is 3. The third-order valence-corrected chi connectivity index (χ3v) is 3.72. The van der Waals surface area contributed by atoms with Crippen LogP contribution in [0.5, 0.6) is 11.5 Å². The molecule has 0 spiro atoms. The Morgan fingerprint density at radius 3 is 1.33 bits per heavy atom. The predicted octanol–water partition coefficient (Wildman–Crippen LogP) is 4.74. The van der Waals surface area contributed by atoms with E-state index in [1.54, 1.807) is 24.3 Å². The van der Waals surface area contributed by atoms with Crippen molar-refractivity contribution in [1.29, 1.82) is 0 Å². The highest BCUT2D eigenvalue weighted by Crippen LogP contribution is 2.38. The lowest BCUT2D eigenvalue weighted by molar-refractivity contribution is 0.477. The minimum absolute atomic E-state index is 0.259. The Hall–Kier alpha value is -2.74. The number of hydrogen-bond donors (Lipinski definition) is 2. The molecule has 21 heavy (non-hydrogen) atoms. The minimum atomic E-state index is 0.259. The van der Waals surface area contributed by atoms with Crippen LogP contribution in [-0.2, 0) is 0 Å². The number of phenolic OH excluding ortho intramolecular Hbond substituents is 2. The largest absolute Gasteiger partial charge is 0.507 e. The molecule has 0 aliphatic carbocycles. The van der Waals surface area contributed by atoms with Gasteiger partial charge in [-0.25, -0.2) is 0 Å². The lowest BCUT2D eigenvalue weighted by Crippen LogP contribution is -1.89. The first-order chi connectivity index (χ1) is 10.2. The molecule has 0 bridgehead atoms. The van der Waals surface area contributed by atoms with Gasteiger partial charge in [0.1, 0.15) is 11.5 Å². The smallest absolute Gasteiger partial charge is 0.123 e. The normalized spacial score (nSPS) is 10.5. The van der Waals surface area contributed by atoms with Gasteiger partial charge in [0, 0.05) is 11.1 Å². The Kier molecular flexibility index (Phi) is 3.36. The minimum Gasteiger partial charge on any atom is -0.507 e. The second kappa shape index (κ2) is 5.33. The molecule has 0 unspecified atom stereocenters. The second-order valence-corrected chi connectivity index (χ2v) is 5.01. The van der Waals surface area contributed by atoms with Gasteiger partial charge in [0.15, 0.2) is 0 Å². The predicted molar refractivity (Wildman–Crippen MR) is 85.4 cm³/mol. The Morgan fingerprint density at radius 2 is 0.905 bits per heavy atom. The first-order valence-electron chi connectivity index (χ1n) is 6.85. The highest BCUT2D eigenvalue weighted by molar-refractivity contribution is 5.82. The maximum atomic E-state index is 10.1. The van der Waals surface area contributed by atoms with Gasteiger partial charge in [-0.3, -0.25) is 0 Å². The molecular formula is C19H16O2. The monoisotopic (exact) mass is 276 g/mol. The highest BCUT2D eigenvalue weighted by atomic mass is 16.3. The lowest BCUT2D eigenvalue weighted by atomic mass is 9.92. The molecule has 0 saturated heterocycles. The Morgan fingerprint density at radius 1 is 0.524 bits per heavy atom. The van der Waals surface area contributed by atoms with E-state index in [9.17, 15) is 10.2 Å². The van der Waals surface area contributed by atoms with Gasteiger partial charge in [-0.2, -0.15) is 0 Å². The summed E-state index contributed by atoms with van der Waals surface area (Å²) in [6, 6.07) is 20.5. The van der Waals surface area contributed by atoms with Crippen molar-refractivity contribution in [3.63, 3.8) is 0 Å². The molecule has 0 aliphatic rings. The second-order valence-electron chi connectivity index (χ2n) is 5.01. The maximum absolute atomic E-state index is 10.1. The van der Waals surface area contributed by atoms with Gasteiger partial charge in [-0.1, -0.05) is 54.6 Å². The summed E-state index contributed by atoms with van der Waals surface area (Å²) in [7, 11) is 0. The third-order valence-electron chi connectivity index (χ3n) is 3.72. The zero-order valence-corrected chi connectivity index (χ0v) is 11.7. The molecular weight excluding hydrogens is 260 g/mol. The van der Waals surface area contributed by atoms with Gasteiger partial charge in [0.05, 0.1) is 0 Å². The molecule has 104 valence electrons. The average molecular weight is 276 g/mol. The van der Waals surface area contributed by atoms with Crippen molar-refractivity contribution in [1.82, 2.24) is 0 Å². The van der Waals surface area contributed by atoms with Crippen molar-refractivity contribution in [3.05, 3.63) is 72.3 Å². The van der Waals surface area contributed by atoms with E-state index in [-0.39, 0.29) is 11.5 Å². The van der Waals surface area contributed by atoms with Crippen molar-refractivity contribution in [2.24, 2.45) is 0 Å². The summed E-state index contributed by atoms with van der Waals surface area (Å²) in [6.45, 7) is 2.00. The molecule has 0 aliphatic heterocycles. The van der Waals surface area contributed by atoms with Crippen LogP contribution in [0, 0.1) is 6.92 Å². The summed E-state index contributed by atoms with van der Waals surface area (Å²) in [5.41, 5.74) is 4.56.